The van der Waals surface area contributed by atoms with Crippen molar-refractivity contribution in [3.63, 3.8) is 0 Å². The fraction of sp³-hybridized carbons (Fsp3) is 0.562. The van der Waals surface area contributed by atoms with Crippen LogP contribution in [0.1, 0.15) is 45.2 Å². The van der Waals surface area contributed by atoms with E-state index in [4.69, 9.17) is 4.74 Å². The number of hydrogen-bond acceptors (Lipinski definition) is 5. The standard InChI is InChI=1S/C16H24N2O5S/c1-16(2,3)23-15(20)17-14(10-19)11-4-8-13(9-5-11)24(21,22)18-12-6-7-12/h4-5,8-9,12,14,18-19H,6-7,10H2,1-3H3,(H,17,20)/t14-/m0/s1. The van der Waals surface area contributed by atoms with Gasteiger partial charge in [0, 0.05) is 6.04 Å². The molecule has 1 atom stereocenters. The van der Waals surface area contributed by atoms with E-state index in [0.717, 1.165) is 12.8 Å². The molecule has 0 unspecified atom stereocenters. The largest absolute Gasteiger partial charge is 0.444 e. The molecular formula is C16H24N2O5S. The molecule has 3 N–H and O–H groups in total. The maximum atomic E-state index is 12.1. The number of benzene rings is 1. The lowest BCUT2D eigenvalue weighted by Crippen LogP contribution is -2.36. The number of amides is 1. The van der Waals surface area contributed by atoms with Crippen molar-refractivity contribution in [1.82, 2.24) is 10.0 Å². The smallest absolute Gasteiger partial charge is 0.408 e. The van der Waals surface area contributed by atoms with Gasteiger partial charge in [-0.1, -0.05) is 12.1 Å². The van der Waals surface area contributed by atoms with E-state index in [2.05, 4.69) is 10.0 Å². The minimum atomic E-state index is -3.52. The molecule has 0 radical (unpaired) electrons. The average molecular weight is 356 g/mol. The topological polar surface area (TPSA) is 105 Å². The van der Waals surface area contributed by atoms with E-state index in [-0.39, 0.29) is 17.5 Å². The predicted molar refractivity (Wildman–Crippen MR) is 89.0 cm³/mol. The Morgan fingerprint density at radius 2 is 1.88 bits per heavy atom. The second-order valence-electron chi connectivity index (χ2n) is 6.85. The molecule has 0 bridgehead atoms. The second kappa shape index (κ2) is 7.08. The molecule has 2 rings (SSSR count). The fourth-order valence-electron chi connectivity index (χ4n) is 2.05. The lowest BCUT2D eigenvalue weighted by molar-refractivity contribution is 0.0482. The first-order valence-corrected chi connectivity index (χ1v) is 9.32. The molecule has 1 amide bonds. The Morgan fingerprint density at radius 3 is 2.33 bits per heavy atom. The highest BCUT2D eigenvalue weighted by Gasteiger charge is 2.28. The van der Waals surface area contributed by atoms with Crippen molar-refractivity contribution < 1.29 is 23.1 Å². The summed E-state index contributed by atoms with van der Waals surface area (Å²) in [6.07, 6.45) is 1.08. The summed E-state index contributed by atoms with van der Waals surface area (Å²) < 4.78 is 32.0. The number of nitrogens with one attached hydrogen (secondary N) is 2. The van der Waals surface area contributed by atoms with E-state index in [0.29, 0.717) is 5.56 Å². The molecular weight excluding hydrogens is 332 g/mol. The van der Waals surface area contributed by atoms with Gasteiger partial charge in [0.25, 0.3) is 0 Å². The van der Waals surface area contributed by atoms with Crippen LogP contribution in [0.3, 0.4) is 0 Å². The van der Waals surface area contributed by atoms with Crippen molar-refractivity contribution in [2.45, 2.75) is 56.2 Å². The van der Waals surface area contributed by atoms with E-state index in [1.54, 1.807) is 32.9 Å². The molecule has 24 heavy (non-hydrogen) atoms. The van der Waals surface area contributed by atoms with Crippen LogP contribution in [0.2, 0.25) is 0 Å². The summed E-state index contributed by atoms with van der Waals surface area (Å²) in [6.45, 7) is 4.90. The molecule has 1 aromatic rings. The minimum Gasteiger partial charge on any atom is -0.444 e. The lowest BCUT2D eigenvalue weighted by atomic mass is 10.1. The van der Waals surface area contributed by atoms with Gasteiger partial charge in [-0.3, -0.25) is 0 Å². The summed E-state index contributed by atoms with van der Waals surface area (Å²) >= 11 is 0. The number of carbonyl (C=O) groups is 1. The molecule has 0 aromatic heterocycles. The van der Waals surface area contributed by atoms with Crippen molar-refractivity contribution in [1.29, 1.82) is 0 Å². The van der Waals surface area contributed by atoms with Crippen LogP contribution in [0.15, 0.2) is 29.2 Å². The summed E-state index contributed by atoms with van der Waals surface area (Å²) in [5.74, 6) is 0. The molecule has 1 fully saturated rings. The average Bonchev–Trinajstić information content (AvgIpc) is 3.26. The fourth-order valence-corrected chi connectivity index (χ4v) is 3.36. The first-order valence-electron chi connectivity index (χ1n) is 7.83. The van der Waals surface area contributed by atoms with E-state index in [1.165, 1.54) is 12.1 Å². The molecule has 134 valence electrons. The molecule has 7 nitrogen and oxygen atoms in total. The maximum absolute atomic E-state index is 12.1. The van der Waals surface area contributed by atoms with Gasteiger partial charge in [-0.05, 0) is 51.3 Å². The number of hydrogen-bond donors (Lipinski definition) is 3. The first kappa shape index (κ1) is 18.7. The Morgan fingerprint density at radius 1 is 1.29 bits per heavy atom. The molecule has 1 saturated carbocycles. The van der Waals surface area contributed by atoms with Gasteiger partial charge in [0.15, 0.2) is 0 Å². The van der Waals surface area contributed by atoms with Crippen LogP contribution >= 0.6 is 0 Å². The van der Waals surface area contributed by atoms with Gasteiger partial charge in [-0.15, -0.1) is 0 Å². The molecule has 8 heteroatoms. The molecule has 0 spiro atoms. The van der Waals surface area contributed by atoms with Gasteiger partial charge in [0.1, 0.15) is 5.60 Å². The highest BCUT2D eigenvalue weighted by Crippen LogP contribution is 2.23. The lowest BCUT2D eigenvalue weighted by Gasteiger charge is -2.23. The van der Waals surface area contributed by atoms with Crippen LogP contribution in [-0.2, 0) is 14.8 Å². The number of rotatable bonds is 6. The van der Waals surface area contributed by atoms with Gasteiger partial charge in [0.2, 0.25) is 10.0 Å². The molecule has 1 aromatic carbocycles. The monoisotopic (exact) mass is 356 g/mol. The number of aliphatic hydroxyl groups excluding tert-OH is 1. The normalized spacial score (nSPS) is 16.5. The summed E-state index contributed by atoms with van der Waals surface area (Å²) in [4.78, 5) is 12.0. The van der Waals surface area contributed by atoms with Crippen molar-refractivity contribution in [3.05, 3.63) is 29.8 Å². The quantitative estimate of drug-likeness (QED) is 0.719. The third kappa shape index (κ3) is 5.47. The van der Waals surface area contributed by atoms with Crippen LogP contribution in [0.4, 0.5) is 4.79 Å². The Balaban J connectivity index is 2.05. The van der Waals surface area contributed by atoms with Crippen molar-refractivity contribution in [3.8, 4) is 0 Å². The Kier molecular flexibility index (Phi) is 5.52. The highest BCUT2D eigenvalue weighted by molar-refractivity contribution is 7.89. The zero-order valence-corrected chi connectivity index (χ0v) is 14.9. The molecule has 0 saturated heterocycles. The maximum Gasteiger partial charge on any atom is 0.408 e. The van der Waals surface area contributed by atoms with E-state index in [9.17, 15) is 18.3 Å². The van der Waals surface area contributed by atoms with Crippen LogP contribution in [-0.4, -0.2) is 37.9 Å². The molecule has 0 heterocycles. The Bertz CT molecular complexity index is 675. The summed E-state index contributed by atoms with van der Waals surface area (Å²) in [6, 6.07) is 5.42. The number of carbonyl (C=O) groups excluding carboxylic acids is 1. The van der Waals surface area contributed by atoms with E-state index in [1.807, 2.05) is 0 Å². The third-order valence-electron chi connectivity index (χ3n) is 3.37. The number of ether oxygens (including phenoxy) is 1. The van der Waals surface area contributed by atoms with Gasteiger partial charge in [0.05, 0.1) is 17.5 Å². The Hall–Kier alpha value is -1.64. The summed E-state index contributed by atoms with van der Waals surface area (Å²) in [7, 11) is -3.52. The van der Waals surface area contributed by atoms with Gasteiger partial charge < -0.3 is 15.2 Å². The molecule has 0 aliphatic heterocycles. The molecule has 1 aliphatic carbocycles. The zero-order valence-electron chi connectivity index (χ0n) is 14.1. The SMILES string of the molecule is CC(C)(C)OC(=O)N[C@@H](CO)c1ccc(S(=O)(=O)NC2CC2)cc1. The van der Waals surface area contributed by atoms with E-state index >= 15 is 0 Å². The van der Waals surface area contributed by atoms with Gasteiger partial charge in [-0.2, -0.15) is 0 Å². The molecule has 1 aliphatic rings. The van der Waals surface area contributed by atoms with Crippen molar-refractivity contribution in [2.75, 3.05) is 6.61 Å². The van der Waals surface area contributed by atoms with Gasteiger partial charge >= 0.3 is 6.09 Å². The summed E-state index contributed by atoms with van der Waals surface area (Å²) in [5.41, 5.74) is -0.0509. The van der Waals surface area contributed by atoms with Crippen molar-refractivity contribution >= 4 is 16.1 Å². The second-order valence-corrected chi connectivity index (χ2v) is 8.56. The Labute approximate surface area is 142 Å². The summed E-state index contributed by atoms with van der Waals surface area (Å²) in [5, 5.41) is 12.0. The van der Waals surface area contributed by atoms with Gasteiger partial charge in [-0.25, -0.2) is 17.9 Å². The zero-order chi connectivity index (χ0) is 18.0. The highest BCUT2D eigenvalue weighted by atomic mass is 32.2. The third-order valence-corrected chi connectivity index (χ3v) is 4.90. The number of alkyl carbamates (subject to hydrolysis) is 1. The van der Waals surface area contributed by atoms with Crippen LogP contribution in [0.5, 0.6) is 0 Å². The van der Waals surface area contributed by atoms with Crippen LogP contribution in [0.25, 0.3) is 0 Å². The van der Waals surface area contributed by atoms with Crippen molar-refractivity contribution in [2.24, 2.45) is 0 Å². The number of aliphatic hydroxyl groups is 1. The predicted octanol–water partition coefficient (Wildman–Crippen LogP) is 1.69. The van der Waals surface area contributed by atoms with Crippen LogP contribution < -0.4 is 10.0 Å². The van der Waals surface area contributed by atoms with Crippen LogP contribution in [0, 0.1) is 0 Å². The minimum absolute atomic E-state index is 0.0358. The first-order chi connectivity index (χ1) is 11.1. The number of sulfonamides is 1. The van der Waals surface area contributed by atoms with E-state index < -0.39 is 27.8 Å².